The van der Waals surface area contributed by atoms with E-state index in [4.69, 9.17) is 4.74 Å². The van der Waals surface area contributed by atoms with Crippen molar-refractivity contribution in [2.24, 2.45) is 11.8 Å². The van der Waals surface area contributed by atoms with Crippen molar-refractivity contribution in [3.8, 4) is 5.75 Å². The second-order valence-electron chi connectivity index (χ2n) is 11.4. The van der Waals surface area contributed by atoms with E-state index in [9.17, 15) is 14.7 Å². The number of benzene rings is 1. The van der Waals surface area contributed by atoms with Gasteiger partial charge in [-0.3, -0.25) is 14.5 Å². The average molecular weight is 535 g/mol. The number of carbonyl (C=O) groups excluding carboxylic acids is 1. The minimum absolute atomic E-state index is 0.0773. The smallest absolute Gasteiger partial charge is 0.256 e. The Balaban J connectivity index is 1.35. The summed E-state index contributed by atoms with van der Waals surface area (Å²) in [6.45, 7) is 7.97. The van der Waals surface area contributed by atoms with Crippen molar-refractivity contribution < 1.29 is 14.6 Å². The summed E-state index contributed by atoms with van der Waals surface area (Å²) in [5.41, 5.74) is 3.47. The molecule has 0 radical (unpaired) electrons. The van der Waals surface area contributed by atoms with Crippen molar-refractivity contribution in [1.29, 1.82) is 0 Å². The number of carbonyl (C=O) groups is 1. The second-order valence-corrected chi connectivity index (χ2v) is 11.4. The predicted octanol–water partition coefficient (Wildman–Crippen LogP) is 4.67. The summed E-state index contributed by atoms with van der Waals surface area (Å²) in [6, 6.07) is 10.0. The minimum atomic E-state index is -0.312. The summed E-state index contributed by atoms with van der Waals surface area (Å²) in [7, 11) is 1.53. The standard InChI is InChI=1S/C31H42N4O4/c1-19-17-27(39-4)25(29(36)33-19)18-32-30(37)28-21(3)35(26-12-8-7-11-24(26)28)20(2)22-13-15-34(16-14-22)31(38)23-9-5-6-10-23/h7-8,11-12,17,20,22-23,31,38H,5-6,9-10,13-16,18H2,1-4H3,(H,32,37)(H,33,36)/t20-,31?/m1/s1. The first-order valence-electron chi connectivity index (χ1n) is 14.4. The lowest BCUT2D eigenvalue weighted by molar-refractivity contribution is -0.0567. The SMILES string of the molecule is COc1cc(C)[nH]c(=O)c1CNC(=O)c1c(C)n([C@H](C)C2CCN(C(O)C3CCCC3)CC2)c2ccccc12. The van der Waals surface area contributed by atoms with Crippen LogP contribution in [0.1, 0.15) is 78.8 Å². The number of rotatable bonds is 8. The number of piperidine rings is 1. The number of methoxy groups -OCH3 is 1. The molecule has 1 aliphatic heterocycles. The Labute approximate surface area is 230 Å². The number of ether oxygens (including phenoxy) is 1. The molecule has 39 heavy (non-hydrogen) atoms. The highest BCUT2D eigenvalue weighted by atomic mass is 16.5. The Morgan fingerprint density at radius 2 is 1.82 bits per heavy atom. The Hall–Kier alpha value is -3.10. The molecule has 0 spiro atoms. The molecule has 1 saturated heterocycles. The van der Waals surface area contributed by atoms with Gasteiger partial charge in [0.2, 0.25) is 0 Å². The summed E-state index contributed by atoms with van der Waals surface area (Å²) in [5.74, 6) is 1.14. The minimum Gasteiger partial charge on any atom is -0.496 e. The van der Waals surface area contributed by atoms with E-state index >= 15 is 0 Å². The maximum Gasteiger partial charge on any atom is 0.256 e. The molecule has 1 unspecified atom stereocenters. The number of nitrogens with one attached hydrogen (secondary N) is 2. The van der Waals surface area contributed by atoms with Crippen LogP contribution in [0.5, 0.6) is 5.75 Å². The molecule has 1 aromatic carbocycles. The molecule has 3 aromatic rings. The quantitative estimate of drug-likeness (QED) is 0.390. The Morgan fingerprint density at radius 1 is 1.13 bits per heavy atom. The Morgan fingerprint density at radius 3 is 2.51 bits per heavy atom. The molecule has 2 fully saturated rings. The van der Waals surface area contributed by atoms with Gasteiger partial charge in [-0.15, -0.1) is 0 Å². The zero-order chi connectivity index (χ0) is 27.7. The van der Waals surface area contributed by atoms with Crippen LogP contribution in [0.4, 0.5) is 0 Å². The number of H-pyrrole nitrogens is 1. The van der Waals surface area contributed by atoms with E-state index in [0.29, 0.717) is 34.4 Å². The van der Waals surface area contributed by atoms with Crippen LogP contribution in [0.15, 0.2) is 35.1 Å². The number of aromatic amines is 1. The van der Waals surface area contributed by atoms with Gasteiger partial charge >= 0.3 is 0 Å². The van der Waals surface area contributed by atoms with Crippen LogP contribution in [-0.4, -0.2) is 51.9 Å². The molecule has 5 rings (SSSR count). The highest BCUT2D eigenvalue weighted by Crippen LogP contribution is 2.37. The number of likely N-dealkylation sites (tertiary alicyclic amines) is 1. The normalized spacial score (nSPS) is 18.9. The number of pyridine rings is 1. The molecule has 1 saturated carbocycles. The summed E-state index contributed by atoms with van der Waals surface area (Å²) < 4.78 is 7.71. The molecule has 1 aliphatic carbocycles. The van der Waals surface area contributed by atoms with Crippen LogP contribution in [0, 0.1) is 25.7 Å². The first-order valence-corrected chi connectivity index (χ1v) is 14.4. The van der Waals surface area contributed by atoms with Crippen LogP contribution in [0.2, 0.25) is 0 Å². The number of fused-ring (bicyclic) bond motifs is 1. The monoisotopic (exact) mass is 534 g/mol. The zero-order valence-electron chi connectivity index (χ0n) is 23.6. The summed E-state index contributed by atoms with van der Waals surface area (Å²) in [4.78, 5) is 31.2. The van der Waals surface area contributed by atoms with Gasteiger partial charge in [0.05, 0.1) is 24.8 Å². The first kappa shape index (κ1) is 27.5. The van der Waals surface area contributed by atoms with Crippen molar-refractivity contribution in [3.63, 3.8) is 0 Å². The molecule has 1 amide bonds. The van der Waals surface area contributed by atoms with Gasteiger partial charge in [-0.25, -0.2) is 0 Å². The van der Waals surface area contributed by atoms with E-state index in [1.54, 1.807) is 13.0 Å². The van der Waals surface area contributed by atoms with Gasteiger partial charge in [0.15, 0.2) is 0 Å². The fourth-order valence-corrected chi connectivity index (χ4v) is 6.93. The lowest BCUT2D eigenvalue weighted by Crippen LogP contribution is -2.45. The maximum atomic E-state index is 13.6. The van der Waals surface area contributed by atoms with Crippen LogP contribution in [0.3, 0.4) is 0 Å². The molecule has 2 atom stereocenters. The number of amides is 1. The zero-order valence-corrected chi connectivity index (χ0v) is 23.6. The third-order valence-electron chi connectivity index (χ3n) is 9.12. The molecule has 0 bridgehead atoms. The van der Waals surface area contributed by atoms with E-state index in [1.807, 2.05) is 25.1 Å². The van der Waals surface area contributed by atoms with E-state index < -0.39 is 0 Å². The van der Waals surface area contributed by atoms with Crippen molar-refractivity contribution in [3.05, 3.63) is 63.2 Å². The van der Waals surface area contributed by atoms with Crippen LogP contribution >= 0.6 is 0 Å². The summed E-state index contributed by atoms with van der Waals surface area (Å²) >= 11 is 0. The van der Waals surface area contributed by atoms with Gasteiger partial charge in [0.25, 0.3) is 11.5 Å². The number of aliphatic hydroxyl groups is 1. The summed E-state index contributed by atoms with van der Waals surface area (Å²) in [5, 5.41) is 14.8. The van der Waals surface area contributed by atoms with Gasteiger partial charge in [-0.1, -0.05) is 31.0 Å². The molecule has 3 N–H and O–H groups in total. The molecule has 8 heteroatoms. The predicted molar refractivity (Wildman–Crippen MR) is 153 cm³/mol. The fraction of sp³-hybridized carbons (Fsp3) is 0.548. The van der Waals surface area contributed by atoms with Crippen molar-refractivity contribution in [2.75, 3.05) is 20.2 Å². The number of hydrogen-bond donors (Lipinski definition) is 3. The van der Waals surface area contributed by atoms with Gasteiger partial charge < -0.3 is 24.7 Å². The molecule has 8 nitrogen and oxygen atoms in total. The van der Waals surface area contributed by atoms with Crippen LogP contribution in [0.25, 0.3) is 10.9 Å². The first-order chi connectivity index (χ1) is 18.8. The highest BCUT2D eigenvalue weighted by molar-refractivity contribution is 6.08. The number of nitrogens with zero attached hydrogens (tertiary/aromatic N) is 2. The van der Waals surface area contributed by atoms with E-state index in [1.165, 1.54) is 20.0 Å². The number of aryl methyl sites for hydroxylation is 1. The number of para-hydroxylation sites is 1. The van der Waals surface area contributed by atoms with Crippen molar-refractivity contribution in [2.45, 2.75) is 78.1 Å². The topological polar surface area (TPSA) is 99.6 Å². The highest BCUT2D eigenvalue weighted by Gasteiger charge is 2.34. The second kappa shape index (κ2) is 11.6. The lowest BCUT2D eigenvalue weighted by Gasteiger charge is -2.39. The number of aromatic nitrogens is 2. The van der Waals surface area contributed by atoms with Gasteiger partial charge in [-0.05, 0) is 70.4 Å². The van der Waals surface area contributed by atoms with E-state index in [0.717, 1.165) is 55.4 Å². The van der Waals surface area contributed by atoms with E-state index in [2.05, 4.69) is 32.8 Å². The van der Waals surface area contributed by atoms with Crippen molar-refractivity contribution >= 4 is 16.8 Å². The number of aliphatic hydroxyl groups excluding tert-OH is 1. The van der Waals surface area contributed by atoms with E-state index in [-0.39, 0.29) is 30.3 Å². The molecule has 3 heterocycles. The van der Waals surface area contributed by atoms with Crippen LogP contribution in [-0.2, 0) is 6.54 Å². The Bertz CT molecular complexity index is 1380. The van der Waals surface area contributed by atoms with Crippen LogP contribution < -0.4 is 15.6 Å². The van der Waals surface area contributed by atoms with Gasteiger partial charge in [0, 0.05) is 41.4 Å². The molecular weight excluding hydrogens is 492 g/mol. The maximum absolute atomic E-state index is 13.6. The van der Waals surface area contributed by atoms with Gasteiger partial charge in [-0.2, -0.15) is 0 Å². The molecule has 2 aromatic heterocycles. The molecular formula is C31H42N4O4. The molecule has 2 aliphatic rings. The molecule has 210 valence electrons. The van der Waals surface area contributed by atoms with Crippen molar-refractivity contribution in [1.82, 2.24) is 19.8 Å². The Kier molecular flexibility index (Phi) is 8.14. The fourth-order valence-electron chi connectivity index (χ4n) is 6.93. The number of hydrogen-bond acceptors (Lipinski definition) is 5. The third-order valence-corrected chi connectivity index (χ3v) is 9.12. The largest absolute Gasteiger partial charge is 0.496 e. The third kappa shape index (κ3) is 5.37. The lowest BCUT2D eigenvalue weighted by atomic mass is 9.89. The average Bonchev–Trinajstić information content (AvgIpc) is 3.57. The van der Waals surface area contributed by atoms with Gasteiger partial charge in [0.1, 0.15) is 12.0 Å². The summed E-state index contributed by atoms with van der Waals surface area (Å²) in [6.07, 6.45) is 6.49.